The molecule has 1 aromatic carbocycles. The highest BCUT2D eigenvalue weighted by molar-refractivity contribution is 5.34. The number of benzene rings is 1. The third kappa shape index (κ3) is 2.79. The van der Waals surface area contributed by atoms with Crippen LogP contribution in [0.25, 0.3) is 5.69 Å². The number of hydrogen-bond donors (Lipinski definition) is 0. The molecule has 104 valence electrons. The average molecular weight is 280 g/mol. The molecule has 2 aromatic heterocycles. The molecular weight excluding hydrogens is 268 g/mol. The molecule has 0 saturated carbocycles. The topological polar surface area (TPSA) is 69.8 Å². The summed E-state index contributed by atoms with van der Waals surface area (Å²) in [6, 6.07) is 10.2. The van der Waals surface area contributed by atoms with E-state index in [0.29, 0.717) is 6.54 Å². The van der Waals surface area contributed by atoms with Crippen molar-refractivity contribution >= 4 is 0 Å². The summed E-state index contributed by atoms with van der Waals surface area (Å²) < 4.78 is 2.98. The Morgan fingerprint density at radius 2 is 1.48 bits per heavy atom. The Hall–Kier alpha value is -3.02. The first-order valence-corrected chi connectivity index (χ1v) is 6.36. The summed E-state index contributed by atoms with van der Waals surface area (Å²) in [4.78, 5) is 31.2. The minimum absolute atomic E-state index is 0.0995. The smallest absolute Gasteiger partial charge is 0.257 e. The molecule has 0 N–H and O–H groups in total. The van der Waals surface area contributed by atoms with Crippen LogP contribution in [0.2, 0.25) is 0 Å². The predicted molar refractivity (Wildman–Crippen MR) is 77.4 cm³/mol. The minimum atomic E-state index is -0.138. The number of rotatable bonds is 3. The maximum absolute atomic E-state index is 11.7. The first-order valence-electron chi connectivity index (χ1n) is 6.36. The molecule has 21 heavy (non-hydrogen) atoms. The monoisotopic (exact) mass is 280 g/mol. The van der Waals surface area contributed by atoms with Crippen molar-refractivity contribution in [3.63, 3.8) is 0 Å². The van der Waals surface area contributed by atoms with Gasteiger partial charge in [0.1, 0.15) is 6.33 Å². The molecule has 0 amide bonds. The largest absolute Gasteiger partial charge is 0.295 e. The van der Waals surface area contributed by atoms with E-state index < -0.39 is 0 Å². The second-order valence-electron chi connectivity index (χ2n) is 4.50. The van der Waals surface area contributed by atoms with E-state index in [1.54, 1.807) is 0 Å². The molecule has 0 aliphatic rings. The SMILES string of the molecule is O=c1ccncn1Cc1ccc(-n2cnccc2=O)cc1. The van der Waals surface area contributed by atoms with E-state index in [2.05, 4.69) is 9.97 Å². The van der Waals surface area contributed by atoms with Gasteiger partial charge in [0.15, 0.2) is 0 Å². The molecular formula is C15H12N4O2. The van der Waals surface area contributed by atoms with Gasteiger partial charge in [-0.25, -0.2) is 9.97 Å². The normalized spacial score (nSPS) is 10.5. The molecule has 0 radical (unpaired) electrons. The third-order valence-corrected chi connectivity index (χ3v) is 3.08. The van der Waals surface area contributed by atoms with Crippen LogP contribution >= 0.6 is 0 Å². The third-order valence-electron chi connectivity index (χ3n) is 3.08. The predicted octanol–water partition coefficient (Wildman–Crippen LogP) is 0.838. The fraction of sp³-hybridized carbons (Fsp3) is 0.0667. The van der Waals surface area contributed by atoms with Gasteiger partial charge in [0, 0.05) is 24.5 Å². The van der Waals surface area contributed by atoms with E-state index in [9.17, 15) is 9.59 Å². The molecule has 0 aliphatic carbocycles. The van der Waals surface area contributed by atoms with E-state index in [4.69, 9.17) is 0 Å². The molecule has 3 aromatic rings. The molecule has 0 aliphatic heterocycles. The van der Waals surface area contributed by atoms with Crippen LogP contribution in [-0.2, 0) is 6.54 Å². The van der Waals surface area contributed by atoms with Crippen molar-refractivity contribution in [2.75, 3.05) is 0 Å². The summed E-state index contributed by atoms with van der Waals surface area (Å²) in [5.41, 5.74) is 1.44. The number of nitrogens with zero attached hydrogens (tertiary/aromatic N) is 4. The van der Waals surface area contributed by atoms with Crippen LogP contribution in [0.4, 0.5) is 0 Å². The van der Waals surface area contributed by atoms with Crippen LogP contribution in [0.5, 0.6) is 0 Å². The van der Waals surface area contributed by atoms with Crippen LogP contribution in [0.15, 0.2) is 71.0 Å². The van der Waals surface area contributed by atoms with Crippen molar-refractivity contribution < 1.29 is 0 Å². The summed E-state index contributed by atoms with van der Waals surface area (Å²) in [5.74, 6) is 0. The first-order chi connectivity index (χ1) is 10.2. The lowest BCUT2D eigenvalue weighted by Crippen LogP contribution is -2.19. The van der Waals surface area contributed by atoms with Crippen LogP contribution < -0.4 is 11.1 Å². The number of aromatic nitrogens is 4. The van der Waals surface area contributed by atoms with Gasteiger partial charge in [-0.2, -0.15) is 0 Å². The average Bonchev–Trinajstić information content (AvgIpc) is 2.51. The minimum Gasteiger partial charge on any atom is -0.295 e. The van der Waals surface area contributed by atoms with E-state index >= 15 is 0 Å². The highest BCUT2D eigenvalue weighted by Gasteiger charge is 2.01. The zero-order valence-corrected chi connectivity index (χ0v) is 11.1. The molecule has 0 saturated heterocycles. The van der Waals surface area contributed by atoms with E-state index in [1.807, 2.05) is 24.3 Å². The lowest BCUT2D eigenvalue weighted by atomic mass is 10.2. The van der Waals surface area contributed by atoms with Gasteiger partial charge in [-0.15, -0.1) is 0 Å². The van der Waals surface area contributed by atoms with Gasteiger partial charge in [0.2, 0.25) is 0 Å². The van der Waals surface area contributed by atoms with Gasteiger partial charge in [-0.3, -0.25) is 18.7 Å². The fourth-order valence-electron chi connectivity index (χ4n) is 2.00. The van der Waals surface area contributed by atoms with Crippen LogP contribution in [0.1, 0.15) is 5.56 Å². The highest BCUT2D eigenvalue weighted by Crippen LogP contribution is 2.08. The van der Waals surface area contributed by atoms with E-state index in [-0.39, 0.29) is 11.1 Å². The first kappa shape index (κ1) is 13.0. The Bertz CT molecular complexity index is 865. The van der Waals surface area contributed by atoms with Crippen LogP contribution in [-0.4, -0.2) is 19.1 Å². The molecule has 6 heteroatoms. The van der Waals surface area contributed by atoms with Crippen molar-refractivity contribution in [1.82, 2.24) is 19.1 Å². The summed E-state index contributed by atoms with van der Waals surface area (Å²) in [5, 5.41) is 0. The Balaban J connectivity index is 1.89. The molecule has 0 bridgehead atoms. The molecule has 0 atom stereocenters. The maximum Gasteiger partial charge on any atom is 0.257 e. The Labute approximate surface area is 120 Å². The second kappa shape index (κ2) is 5.54. The maximum atomic E-state index is 11.7. The van der Waals surface area contributed by atoms with Gasteiger partial charge in [-0.1, -0.05) is 12.1 Å². The zero-order valence-electron chi connectivity index (χ0n) is 11.1. The van der Waals surface area contributed by atoms with Crippen molar-refractivity contribution in [2.45, 2.75) is 6.54 Å². The molecule has 0 fully saturated rings. The fourth-order valence-corrected chi connectivity index (χ4v) is 2.00. The van der Waals surface area contributed by atoms with Gasteiger partial charge in [0.05, 0.1) is 18.6 Å². The summed E-state index contributed by atoms with van der Waals surface area (Å²) >= 11 is 0. The van der Waals surface area contributed by atoms with Crippen molar-refractivity contribution in [3.05, 3.63) is 87.7 Å². The van der Waals surface area contributed by atoms with Gasteiger partial charge in [-0.05, 0) is 17.7 Å². The van der Waals surface area contributed by atoms with Gasteiger partial charge >= 0.3 is 0 Å². The van der Waals surface area contributed by atoms with Gasteiger partial charge < -0.3 is 0 Å². The van der Waals surface area contributed by atoms with Gasteiger partial charge in [0.25, 0.3) is 11.1 Å². The quantitative estimate of drug-likeness (QED) is 0.713. The highest BCUT2D eigenvalue weighted by atomic mass is 16.1. The Kier molecular flexibility index (Phi) is 3.42. The summed E-state index contributed by atoms with van der Waals surface area (Å²) in [7, 11) is 0. The summed E-state index contributed by atoms with van der Waals surface area (Å²) in [6.07, 6.45) is 5.91. The molecule has 0 unspecified atom stereocenters. The van der Waals surface area contributed by atoms with Crippen LogP contribution in [0, 0.1) is 0 Å². The van der Waals surface area contributed by atoms with E-state index in [1.165, 1.54) is 46.3 Å². The summed E-state index contributed by atoms with van der Waals surface area (Å²) in [6.45, 7) is 0.439. The zero-order chi connectivity index (χ0) is 14.7. The van der Waals surface area contributed by atoms with E-state index in [0.717, 1.165) is 11.3 Å². The lowest BCUT2D eigenvalue weighted by molar-refractivity contribution is 0.735. The van der Waals surface area contributed by atoms with Crippen molar-refractivity contribution in [1.29, 1.82) is 0 Å². The molecule has 2 heterocycles. The Morgan fingerprint density at radius 1 is 0.810 bits per heavy atom. The second-order valence-corrected chi connectivity index (χ2v) is 4.50. The lowest BCUT2D eigenvalue weighted by Gasteiger charge is -2.07. The standard InChI is InChI=1S/C15H12N4O2/c20-14-5-7-16-10-18(14)9-12-1-3-13(4-2-12)19-11-17-8-6-15(19)21/h1-8,10-11H,9H2. The van der Waals surface area contributed by atoms with Crippen molar-refractivity contribution in [3.8, 4) is 5.69 Å². The Morgan fingerprint density at radius 3 is 2.14 bits per heavy atom. The molecule has 6 nitrogen and oxygen atoms in total. The van der Waals surface area contributed by atoms with Crippen LogP contribution in [0.3, 0.4) is 0 Å². The molecule has 0 spiro atoms. The number of hydrogen-bond acceptors (Lipinski definition) is 4. The molecule has 3 rings (SSSR count). The van der Waals surface area contributed by atoms with Crippen molar-refractivity contribution in [2.24, 2.45) is 0 Å².